The topological polar surface area (TPSA) is 84.1 Å². The molecule has 0 aromatic carbocycles. The van der Waals surface area contributed by atoms with Crippen LogP contribution in [0, 0.1) is 5.92 Å². The fourth-order valence-electron chi connectivity index (χ4n) is 3.05. The number of piperidine rings is 1. The van der Waals surface area contributed by atoms with Crippen LogP contribution in [0.3, 0.4) is 0 Å². The molecule has 0 unspecified atom stereocenters. The van der Waals surface area contributed by atoms with Crippen molar-refractivity contribution in [2.45, 2.75) is 31.0 Å². The highest BCUT2D eigenvalue weighted by Gasteiger charge is 2.26. The molecule has 1 atom stereocenters. The van der Waals surface area contributed by atoms with Gasteiger partial charge in [0.25, 0.3) is 5.91 Å². The summed E-state index contributed by atoms with van der Waals surface area (Å²) in [6.07, 6.45) is 7.44. The third kappa shape index (κ3) is 3.76. The number of amides is 1. The van der Waals surface area contributed by atoms with Crippen molar-refractivity contribution >= 4 is 17.7 Å². The van der Waals surface area contributed by atoms with Crippen LogP contribution >= 0.6 is 11.8 Å². The predicted octanol–water partition coefficient (Wildman–Crippen LogP) is 1.44. The summed E-state index contributed by atoms with van der Waals surface area (Å²) in [6, 6.07) is 3.65. The minimum absolute atomic E-state index is 0.0480. The molecule has 3 heterocycles. The molecule has 3 rings (SSSR count). The monoisotopic (exact) mass is 347 g/mol. The highest BCUT2D eigenvalue weighted by molar-refractivity contribution is 7.98. The Morgan fingerprint density at radius 3 is 3.12 bits per heavy atom. The summed E-state index contributed by atoms with van der Waals surface area (Å²) in [6.45, 7) is 2.08. The summed E-state index contributed by atoms with van der Waals surface area (Å²) >= 11 is 1.49. The molecule has 0 radical (unpaired) electrons. The summed E-state index contributed by atoms with van der Waals surface area (Å²) in [4.78, 5) is 19.0. The van der Waals surface area contributed by atoms with Crippen molar-refractivity contribution in [1.82, 2.24) is 24.9 Å². The lowest BCUT2D eigenvalue weighted by atomic mass is 9.97. The number of aliphatic hydroxyl groups excluding tert-OH is 1. The Hall–Kier alpha value is -1.93. The molecule has 0 aliphatic carbocycles. The van der Waals surface area contributed by atoms with E-state index in [1.807, 2.05) is 17.2 Å². The molecule has 1 N–H and O–H groups in total. The number of carbonyl (C=O) groups is 1. The molecule has 1 aliphatic heterocycles. The molecule has 1 aliphatic rings. The van der Waals surface area contributed by atoms with Gasteiger partial charge in [0.05, 0.1) is 18.4 Å². The van der Waals surface area contributed by atoms with Crippen molar-refractivity contribution in [3.05, 3.63) is 35.8 Å². The SMILES string of the molecule is CSc1ncccc1C(=O)N1CCC[C@H](Cn2cc(CO)nn2)C1. The first kappa shape index (κ1) is 16.9. The Bertz CT molecular complexity index is 705. The van der Waals surface area contributed by atoms with Gasteiger partial charge in [-0.1, -0.05) is 5.21 Å². The average molecular weight is 347 g/mol. The molecular weight excluding hydrogens is 326 g/mol. The van der Waals surface area contributed by atoms with Gasteiger partial charge in [0.1, 0.15) is 10.7 Å². The fraction of sp³-hybridized carbons (Fsp3) is 0.500. The van der Waals surface area contributed by atoms with E-state index in [4.69, 9.17) is 5.11 Å². The van der Waals surface area contributed by atoms with Crippen LogP contribution in [0.2, 0.25) is 0 Å². The van der Waals surface area contributed by atoms with Gasteiger partial charge in [0, 0.05) is 25.8 Å². The molecule has 24 heavy (non-hydrogen) atoms. The highest BCUT2D eigenvalue weighted by atomic mass is 32.2. The Kier molecular flexibility index (Phi) is 5.47. The maximum Gasteiger partial charge on any atom is 0.256 e. The van der Waals surface area contributed by atoms with Crippen molar-refractivity contribution in [1.29, 1.82) is 0 Å². The highest BCUT2D eigenvalue weighted by Crippen LogP contribution is 2.23. The first-order valence-corrected chi connectivity index (χ1v) is 9.22. The van der Waals surface area contributed by atoms with Gasteiger partial charge < -0.3 is 10.0 Å². The van der Waals surface area contributed by atoms with Crippen molar-refractivity contribution in [3.63, 3.8) is 0 Å². The maximum atomic E-state index is 12.8. The van der Waals surface area contributed by atoms with E-state index in [9.17, 15) is 4.79 Å². The van der Waals surface area contributed by atoms with E-state index in [0.29, 0.717) is 30.3 Å². The summed E-state index contributed by atoms with van der Waals surface area (Å²) in [5.41, 5.74) is 1.24. The predicted molar refractivity (Wildman–Crippen MR) is 90.6 cm³/mol. The van der Waals surface area contributed by atoms with Crippen LogP contribution in [0.15, 0.2) is 29.6 Å². The van der Waals surface area contributed by atoms with Crippen molar-refractivity contribution in [3.8, 4) is 0 Å². The van der Waals surface area contributed by atoms with Crippen LogP contribution in [0.5, 0.6) is 0 Å². The number of hydrogen-bond donors (Lipinski definition) is 1. The quantitative estimate of drug-likeness (QED) is 0.824. The number of pyridine rings is 1. The summed E-state index contributed by atoms with van der Waals surface area (Å²) in [5.74, 6) is 0.386. The minimum Gasteiger partial charge on any atom is -0.390 e. The van der Waals surface area contributed by atoms with Crippen LogP contribution < -0.4 is 0 Å². The van der Waals surface area contributed by atoms with E-state index in [2.05, 4.69) is 15.3 Å². The molecule has 0 saturated carbocycles. The number of likely N-dealkylation sites (tertiary alicyclic amines) is 1. The molecule has 0 bridgehead atoms. The largest absolute Gasteiger partial charge is 0.390 e. The summed E-state index contributed by atoms with van der Waals surface area (Å²) < 4.78 is 1.75. The average Bonchev–Trinajstić information content (AvgIpc) is 3.09. The molecule has 1 amide bonds. The van der Waals surface area contributed by atoms with Gasteiger partial charge >= 0.3 is 0 Å². The zero-order valence-electron chi connectivity index (χ0n) is 13.6. The number of thioether (sulfide) groups is 1. The van der Waals surface area contributed by atoms with E-state index >= 15 is 0 Å². The van der Waals surface area contributed by atoms with Crippen molar-refractivity contribution in [2.75, 3.05) is 19.3 Å². The molecule has 1 saturated heterocycles. The van der Waals surface area contributed by atoms with E-state index in [-0.39, 0.29) is 12.5 Å². The van der Waals surface area contributed by atoms with E-state index < -0.39 is 0 Å². The normalized spacial score (nSPS) is 17.9. The van der Waals surface area contributed by atoms with Gasteiger partial charge in [-0.3, -0.25) is 9.48 Å². The second-order valence-electron chi connectivity index (χ2n) is 5.91. The fourth-order valence-corrected chi connectivity index (χ4v) is 3.59. The van der Waals surface area contributed by atoms with Gasteiger partial charge in [0.2, 0.25) is 0 Å². The minimum atomic E-state index is -0.103. The van der Waals surface area contributed by atoms with Crippen LogP contribution in [-0.4, -0.2) is 55.2 Å². The molecule has 2 aromatic rings. The van der Waals surface area contributed by atoms with Crippen LogP contribution in [0.25, 0.3) is 0 Å². The number of carbonyl (C=O) groups excluding carboxylic acids is 1. The molecule has 7 nitrogen and oxygen atoms in total. The number of aliphatic hydroxyl groups is 1. The first-order valence-electron chi connectivity index (χ1n) is 7.99. The maximum absolute atomic E-state index is 12.8. The second-order valence-corrected chi connectivity index (χ2v) is 6.70. The number of hydrogen-bond acceptors (Lipinski definition) is 6. The Balaban J connectivity index is 1.67. The van der Waals surface area contributed by atoms with Crippen LogP contribution in [0.1, 0.15) is 28.9 Å². The van der Waals surface area contributed by atoms with Gasteiger partial charge in [-0.2, -0.15) is 0 Å². The summed E-state index contributed by atoms with van der Waals surface area (Å²) in [5, 5.41) is 17.8. The molecule has 128 valence electrons. The van der Waals surface area contributed by atoms with Gasteiger partial charge in [0.15, 0.2) is 0 Å². The standard InChI is InChI=1S/C16H21N5O2S/c1-24-15-14(5-2-6-17-15)16(23)20-7-3-4-12(8-20)9-21-10-13(11-22)18-19-21/h2,5-6,10,12,22H,3-4,7-9,11H2,1H3/t12-/m0/s1. The van der Waals surface area contributed by atoms with E-state index in [1.54, 1.807) is 23.1 Å². The Labute approximate surface area is 145 Å². The van der Waals surface area contributed by atoms with Gasteiger partial charge in [-0.05, 0) is 37.1 Å². The number of rotatable bonds is 5. The number of aromatic nitrogens is 4. The smallest absolute Gasteiger partial charge is 0.256 e. The molecular formula is C16H21N5O2S. The van der Waals surface area contributed by atoms with Gasteiger partial charge in [-0.15, -0.1) is 16.9 Å². The first-order chi connectivity index (χ1) is 11.7. The third-order valence-electron chi connectivity index (χ3n) is 4.19. The van der Waals surface area contributed by atoms with Crippen molar-refractivity contribution < 1.29 is 9.90 Å². The zero-order chi connectivity index (χ0) is 16.9. The third-order valence-corrected chi connectivity index (χ3v) is 4.91. The Morgan fingerprint density at radius 1 is 1.50 bits per heavy atom. The van der Waals surface area contributed by atoms with E-state index in [0.717, 1.165) is 24.4 Å². The zero-order valence-corrected chi connectivity index (χ0v) is 14.4. The molecule has 1 fully saturated rings. The van der Waals surface area contributed by atoms with Crippen LogP contribution in [0.4, 0.5) is 0 Å². The second kappa shape index (κ2) is 7.76. The summed E-state index contributed by atoms with van der Waals surface area (Å²) in [7, 11) is 0. The molecule has 2 aromatic heterocycles. The molecule has 8 heteroatoms. The molecule has 0 spiro atoms. The van der Waals surface area contributed by atoms with Gasteiger partial charge in [-0.25, -0.2) is 4.98 Å². The number of nitrogens with zero attached hydrogens (tertiary/aromatic N) is 5. The van der Waals surface area contributed by atoms with E-state index in [1.165, 1.54) is 11.8 Å². The lowest BCUT2D eigenvalue weighted by Gasteiger charge is -2.33. The Morgan fingerprint density at radius 2 is 2.38 bits per heavy atom. The van der Waals surface area contributed by atoms with Crippen molar-refractivity contribution in [2.24, 2.45) is 5.92 Å². The lowest BCUT2D eigenvalue weighted by Crippen LogP contribution is -2.41. The lowest BCUT2D eigenvalue weighted by molar-refractivity contribution is 0.0655. The van der Waals surface area contributed by atoms with Crippen LogP contribution in [-0.2, 0) is 13.2 Å².